The fourth-order valence-electron chi connectivity index (χ4n) is 2.41. The van der Waals surface area contributed by atoms with Gasteiger partial charge in [0, 0.05) is 28.4 Å². The lowest BCUT2D eigenvalue weighted by molar-refractivity contribution is 0.826. The Morgan fingerprint density at radius 2 is 2.00 bits per heavy atom. The van der Waals surface area contributed by atoms with Gasteiger partial charge in [0.1, 0.15) is 5.82 Å². The van der Waals surface area contributed by atoms with Crippen LogP contribution in [0, 0.1) is 6.92 Å². The second kappa shape index (κ2) is 6.90. The molecule has 1 heterocycles. The van der Waals surface area contributed by atoms with Gasteiger partial charge in [0.05, 0.1) is 0 Å². The lowest BCUT2D eigenvalue weighted by atomic mass is 10.0. The molecule has 1 N–H and O–H groups in total. The van der Waals surface area contributed by atoms with Gasteiger partial charge in [-0.2, -0.15) is 0 Å². The van der Waals surface area contributed by atoms with Crippen molar-refractivity contribution in [1.29, 1.82) is 0 Å². The average Bonchev–Trinajstić information content (AvgIpc) is 2.44. The summed E-state index contributed by atoms with van der Waals surface area (Å²) in [6.07, 6.45) is 1.06. The molecule has 0 fully saturated rings. The van der Waals surface area contributed by atoms with Crippen molar-refractivity contribution in [3.05, 3.63) is 40.5 Å². The molecule has 1 aromatic carbocycles. The first-order valence-electron chi connectivity index (χ1n) is 7.41. The Balaban J connectivity index is 2.51. The van der Waals surface area contributed by atoms with Gasteiger partial charge in [-0.3, -0.25) is 0 Å². The summed E-state index contributed by atoms with van der Waals surface area (Å²) in [7, 11) is 0. The lowest BCUT2D eigenvalue weighted by Crippen LogP contribution is -2.10. The summed E-state index contributed by atoms with van der Waals surface area (Å²) >= 11 is 6.07. The van der Waals surface area contributed by atoms with Gasteiger partial charge in [-0.25, -0.2) is 9.97 Å². The van der Waals surface area contributed by atoms with Crippen LogP contribution in [0.3, 0.4) is 0 Å². The SMILES string of the molecule is CCCNc1nc(-c2cccc(Cl)c2)nc(C)c1C(C)C. The minimum absolute atomic E-state index is 0.387. The largest absolute Gasteiger partial charge is 0.370 e. The van der Waals surface area contributed by atoms with E-state index in [0.29, 0.717) is 10.9 Å². The number of hydrogen-bond donors (Lipinski definition) is 1. The van der Waals surface area contributed by atoms with E-state index in [-0.39, 0.29) is 0 Å². The Kier molecular flexibility index (Phi) is 5.18. The molecule has 21 heavy (non-hydrogen) atoms. The Morgan fingerprint density at radius 3 is 2.62 bits per heavy atom. The van der Waals surface area contributed by atoms with Gasteiger partial charge in [0.15, 0.2) is 5.82 Å². The number of anilines is 1. The van der Waals surface area contributed by atoms with Crippen molar-refractivity contribution < 1.29 is 0 Å². The molecular weight excluding hydrogens is 282 g/mol. The van der Waals surface area contributed by atoms with Crippen molar-refractivity contribution in [3.63, 3.8) is 0 Å². The van der Waals surface area contributed by atoms with E-state index >= 15 is 0 Å². The molecule has 0 aliphatic heterocycles. The van der Waals surface area contributed by atoms with Crippen LogP contribution >= 0.6 is 11.6 Å². The topological polar surface area (TPSA) is 37.8 Å². The fraction of sp³-hybridized carbons (Fsp3) is 0.412. The molecule has 2 rings (SSSR count). The minimum Gasteiger partial charge on any atom is -0.370 e. The quantitative estimate of drug-likeness (QED) is 0.840. The predicted octanol–water partition coefficient (Wildman–Crippen LogP) is 5.05. The summed E-state index contributed by atoms with van der Waals surface area (Å²) in [5.74, 6) is 2.05. The molecule has 0 amide bonds. The first-order valence-corrected chi connectivity index (χ1v) is 7.79. The van der Waals surface area contributed by atoms with E-state index in [1.54, 1.807) is 0 Å². The third kappa shape index (κ3) is 3.73. The van der Waals surface area contributed by atoms with Crippen LogP contribution in [0.1, 0.15) is 44.4 Å². The second-order valence-corrected chi connectivity index (χ2v) is 5.92. The third-order valence-corrected chi connectivity index (χ3v) is 3.57. The highest BCUT2D eigenvalue weighted by Gasteiger charge is 2.15. The molecule has 0 saturated carbocycles. The van der Waals surface area contributed by atoms with Gasteiger partial charge in [-0.05, 0) is 31.4 Å². The van der Waals surface area contributed by atoms with Crippen LogP contribution in [0.25, 0.3) is 11.4 Å². The molecule has 0 saturated heterocycles. The molecule has 0 radical (unpaired) electrons. The van der Waals surface area contributed by atoms with Crippen LogP contribution in [0.4, 0.5) is 5.82 Å². The van der Waals surface area contributed by atoms with Crippen LogP contribution in [0.15, 0.2) is 24.3 Å². The molecule has 0 unspecified atom stereocenters. The summed E-state index contributed by atoms with van der Waals surface area (Å²) in [4.78, 5) is 9.39. The maximum atomic E-state index is 6.07. The molecule has 1 aromatic heterocycles. The summed E-state index contributed by atoms with van der Waals surface area (Å²) in [5.41, 5.74) is 3.16. The first kappa shape index (κ1) is 15.8. The first-order chi connectivity index (χ1) is 10.0. The molecule has 3 nitrogen and oxygen atoms in total. The number of nitrogens with one attached hydrogen (secondary N) is 1. The van der Waals surface area contributed by atoms with Gasteiger partial charge in [-0.1, -0.05) is 44.5 Å². The number of aryl methyl sites for hydroxylation is 1. The van der Waals surface area contributed by atoms with Crippen molar-refractivity contribution in [2.45, 2.75) is 40.0 Å². The molecule has 0 atom stereocenters. The van der Waals surface area contributed by atoms with Gasteiger partial charge < -0.3 is 5.32 Å². The van der Waals surface area contributed by atoms with E-state index < -0.39 is 0 Å². The number of nitrogens with zero attached hydrogens (tertiary/aromatic N) is 2. The zero-order chi connectivity index (χ0) is 15.4. The standard InChI is InChI=1S/C17H22ClN3/c1-5-9-19-17-15(11(2)3)12(4)20-16(21-17)13-7-6-8-14(18)10-13/h6-8,10-11H,5,9H2,1-4H3,(H,19,20,21). The van der Waals surface area contributed by atoms with E-state index in [9.17, 15) is 0 Å². The summed E-state index contributed by atoms with van der Waals surface area (Å²) in [6, 6.07) is 7.66. The van der Waals surface area contributed by atoms with Gasteiger partial charge in [0.25, 0.3) is 0 Å². The van der Waals surface area contributed by atoms with Crippen LogP contribution in [-0.2, 0) is 0 Å². The van der Waals surface area contributed by atoms with Crippen molar-refractivity contribution in [2.24, 2.45) is 0 Å². The molecule has 0 spiro atoms. The van der Waals surface area contributed by atoms with Crippen LogP contribution in [0.5, 0.6) is 0 Å². The molecule has 112 valence electrons. The molecule has 0 aliphatic carbocycles. The van der Waals surface area contributed by atoms with Crippen molar-refractivity contribution in [2.75, 3.05) is 11.9 Å². The second-order valence-electron chi connectivity index (χ2n) is 5.49. The van der Waals surface area contributed by atoms with E-state index in [4.69, 9.17) is 16.6 Å². The molecule has 2 aromatic rings. The van der Waals surface area contributed by atoms with Crippen LogP contribution in [0.2, 0.25) is 5.02 Å². The number of benzene rings is 1. The Morgan fingerprint density at radius 1 is 1.24 bits per heavy atom. The van der Waals surface area contributed by atoms with Crippen molar-refractivity contribution in [3.8, 4) is 11.4 Å². The van der Waals surface area contributed by atoms with E-state index in [0.717, 1.165) is 35.9 Å². The summed E-state index contributed by atoms with van der Waals surface area (Å²) in [6.45, 7) is 9.44. The van der Waals surface area contributed by atoms with Gasteiger partial charge in [-0.15, -0.1) is 0 Å². The van der Waals surface area contributed by atoms with Crippen LogP contribution < -0.4 is 5.32 Å². The van der Waals surface area contributed by atoms with Gasteiger partial charge >= 0.3 is 0 Å². The summed E-state index contributed by atoms with van der Waals surface area (Å²) in [5, 5.41) is 4.12. The minimum atomic E-state index is 0.387. The molecule has 4 heteroatoms. The monoisotopic (exact) mass is 303 g/mol. The zero-order valence-electron chi connectivity index (χ0n) is 13.1. The van der Waals surface area contributed by atoms with Crippen molar-refractivity contribution in [1.82, 2.24) is 9.97 Å². The maximum absolute atomic E-state index is 6.07. The van der Waals surface area contributed by atoms with Gasteiger partial charge in [0.2, 0.25) is 0 Å². The Bertz CT molecular complexity index is 623. The van der Waals surface area contributed by atoms with E-state index in [1.807, 2.05) is 31.2 Å². The number of halogens is 1. The average molecular weight is 304 g/mol. The maximum Gasteiger partial charge on any atom is 0.161 e. The van der Waals surface area contributed by atoms with Crippen LogP contribution in [-0.4, -0.2) is 16.5 Å². The van der Waals surface area contributed by atoms with E-state index in [2.05, 4.69) is 31.1 Å². The highest BCUT2D eigenvalue weighted by molar-refractivity contribution is 6.30. The number of rotatable bonds is 5. The zero-order valence-corrected chi connectivity index (χ0v) is 13.8. The lowest BCUT2D eigenvalue weighted by Gasteiger charge is -2.17. The summed E-state index contributed by atoms with van der Waals surface area (Å²) < 4.78 is 0. The Hall–Kier alpha value is -1.61. The third-order valence-electron chi connectivity index (χ3n) is 3.34. The Labute approximate surface area is 131 Å². The fourth-order valence-corrected chi connectivity index (χ4v) is 2.60. The van der Waals surface area contributed by atoms with E-state index in [1.165, 1.54) is 5.56 Å². The highest BCUT2D eigenvalue weighted by Crippen LogP contribution is 2.28. The smallest absolute Gasteiger partial charge is 0.161 e. The number of hydrogen-bond acceptors (Lipinski definition) is 3. The predicted molar refractivity (Wildman–Crippen MR) is 90.1 cm³/mol. The van der Waals surface area contributed by atoms with Crippen molar-refractivity contribution >= 4 is 17.4 Å². The molecular formula is C17H22ClN3. The molecule has 0 bridgehead atoms. The molecule has 0 aliphatic rings. The normalized spacial score (nSPS) is 11.0. The number of aromatic nitrogens is 2. The highest BCUT2D eigenvalue weighted by atomic mass is 35.5.